The number of nitrogens with one attached hydrogen (secondary N) is 1. The van der Waals surface area contributed by atoms with Crippen molar-refractivity contribution in [2.45, 2.75) is 27.7 Å². The average molecular weight is 392 g/mol. The van der Waals surface area contributed by atoms with Crippen LogP contribution in [0.4, 0.5) is 0 Å². The Balaban J connectivity index is 2.32. The fraction of sp³-hybridized carbons (Fsp3) is 0.667. The number of fused-ring (bicyclic) bond motifs is 1. The molecule has 0 saturated heterocycles. The molecule has 0 fully saturated rings. The lowest BCUT2D eigenvalue weighted by Crippen LogP contribution is -2.43. The maximum absolute atomic E-state index is 13.0. The van der Waals surface area contributed by atoms with Crippen LogP contribution in [0.5, 0.6) is 0 Å². The standard InChI is InChI=1S/C12H21N3O5S3/c1-3-14-10-8-15(5-4-6-18-2)23(16,17)12-9(10)7-11(21-12)22-20-19-13/h7,10,14H,3-6,8,13H2,1-2H3/t10-/m0/s1/i1D3,2D3,3D2. The van der Waals surface area contributed by atoms with Gasteiger partial charge in [0.1, 0.15) is 4.21 Å². The molecular weight excluding hydrogens is 362 g/mol. The third-order valence-corrected chi connectivity index (χ3v) is 7.31. The van der Waals surface area contributed by atoms with Crippen molar-refractivity contribution in [1.29, 1.82) is 0 Å². The van der Waals surface area contributed by atoms with Crippen LogP contribution >= 0.6 is 23.4 Å². The molecule has 0 spiro atoms. The zero-order valence-electron chi connectivity index (χ0n) is 19.8. The van der Waals surface area contributed by atoms with Crippen molar-refractivity contribution in [2.24, 2.45) is 5.90 Å². The smallest absolute Gasteiger partial charge is 0.252 e. The minimum atomic E-state index is -4.02. The van der Waals surface area contributed by atoms with Crippen LogP contribution in [0.25, 0.3) is 0 Å². The number of rotatable bonds is 9. The van der Waals surface area contributed by atoms with Gasteiger partial charge in [-0.2, -0.15) is 10.2 Å². The largest absolute Gasteiger partial charge is 0.385 e. The minimum Gasteiger partial charge on any atom is -0.385 e. The Morgan fingerprint density at radius 3 is 3.30 bits per heavy atom. The molecule has 132 valence electrons. The lowest BCUT2D eigenvalue weighted by molar-refractivity contribution is -0.195. The fourth-order valence-electron chi connectivity index (χ4n) is 2.16. The van der Waals surface area contributed by atoms with Gasteiger partial charge in [0.2, 0.25) is 0 Å². The molecule has 1 aromatic rings. The van der Waals surface area contributed by atoms with Crippen molar-refractivity contribution >= 4 is 33.4 Å². The molecule has 3 N–H and O–H groups in total. The summed E-state index contributed by atoms with van der Waals surface area (Å²) in [5, 5.41) is 2.39. The van der Waals surface area contributed by atoms with E-state index < -0.39 is 36.5 Å². The number of sulfonamides is 1. The summed E-state index contributed by atoms with van der Waals surface area (Å²) in [5.74, 6) is 4.79. The summed E-state index contributed by atoms with van der Waals surface area (Å²) < 4.78 is 95.4. The third-order valence-electron chi connectivity index (χ3n) is 3.09. The zero-order valence-corrected chi connectivity index (χ0v) is 14.2. The van der Waals surface area contributed by atoms with Gasteiger partial charge in [-0.05, 0) is 19.0 Å². The van der Waals surface area contributed by atoms with Crippen LogP contribution in [-0.2, 0) is 24.1 Å². The molecule has 0 aromatic carbocycles. The van der Waals surface area contributed by atoms with Crippen LogP contribution in [0, 0.1) is 0 Å². The number of thiophene rings is 1. The Labute approximate surface area is 155 Å². The van der Waals surface area contributed by atoms with Crippen LogP contribution < -0.4 is 11.2 Å². The highest BCUT2D eigenvalue weighted by molar-refractivity contribution is 7.97. The van der Waals surface area contributed by atoms with Crippen molar-refractivity contribution < 1.29 is 33.4 Å². The molecule has 1 aliphatic heterocycles. The van der Waals surface area contributed by atoms with Gasteiger partial charge in [0.15, 0.2) is 0 Å². The maximum atomic E-state index is 13.0. The van der Waals surface area contributed by atoms with Crippen LogP contribution in [0.1, 0.15) is 35.8 Å². The monoisotopic (exact) mass is 391 g/mol. The molecule has 0 aliphatic carbocycles. The number of nitrogens with zero attached hydrogens (tertiary/aromatic N) is 1. The number of ether oxygens (including phenoxy) is 1. The second kappa shape index (κ2) is 8.74. The lowest BCUT2D eigenvalue weighted by atomic mass is 10.1. The van der Waals surface area contributed by atoms with E-state index in [1.807, 2.05) is 0 Å². The molecule has 0 saturated carbocycles. The van der Waals surface area contributed by atoms with Crippen LogP contribution in [0.3, 0.4) is 0 Å². The molecule has 1 aliphatic rings. The van der Waals surface area contributed by atoms with Crippen LogP contribution in [0.15, 0.2) is 14.5 Å². The molecule has 0 bridgehead atoms. The number of hydrogen-bond donors (Lipinski definition) is 2. The average Bonchev–Trinajstić information content (AvgIpc) is 3.04. The second-order valence-electron chi connectivity index (χ2n) is 4.44. The zero-order chi connectivity index (χ0) is 23.7. The predicted octanol–water partition coefficient (Wildman–Crippen LogP) is 1.27. The van der Waals surface area contributed by atoms with Gasteiger partial charge in [0, 0.05) is 45.2 Å². The van der Waals surface area contributed by atoms with E-state index in [1.54, 1.807) is 0 Å². The van der Waals surface area contributed by atoms with E-state index in [1.165, 1.54) is 6.07 Å². The summed E-state index contributed by atoms with van der Waals surface area (Å²) in [6.07, 6.45) is 0.0585. The summed E-state index contributed by atoms with van der Waals surface area (Å²) in [6.45, 7) is -6.43. The highest BCUT2D eigenvalue weighted by Crippen LogP contribution is 2.42. The Morgan fingerprint density at radius 1 is 1.70 bits per heavy atom. The molecule has 2 rings (SSSR count). The van der Waals surface area contributed by atoms with E-state index in [0.29, 0.717) is 16.3 Å². The SMILES string of the molecule is [2H]C([2H])([2H])OCCCN1C[C@H](NC([2H])([2H])C([2H])([2H])[2H])c2cc(SOON)sc2S1(=O)=O. The highest BCUT2D eigenvalue weighted by atomic mass is 32.3. The van der Waals surface area contributed by atoms with Gasteiger partial charge in [-0.15, -0.1) is 20.7 Å². The first kappa shape index (κ1) is 10.7. The molecule has 0 unspecified atom stereocenters. The fourth-order valence-corrected chi connectivity index (χ4v) is 6.21. The summed E-state index contributed by atoms with van der Waals surface area (Å²) in [4.78, 5) is 4.00. The van der Waals surface area contributed by atoms with Gasteiger partial charge in [-0.1, -0.05) is 6.85 Å². The van der Waals surface area contributed by atoms with Crippen LogP contribution in [-0.4, -0.2) is 46.0 Å². The number of methoxy groups -OCH3 is 1. The molecule has 1 aromatic heterocycles. The first-order valence-electron chi connectivity index (χ1n) is 10.3. The van der Waals surface area contributed by atoms with Gasteiger partial charge >= 0.3 is 0 Å². The highest BCUT2D eigenvalue weighted by Gasteiger charge is 2.38. The second-order valence-corrected chi connectivity index (χ2v) is 8.63. The lowest BCUT2D eigenvalue weighted by Gasteiger charge is -2.32. The van der Waals surface area contributed by atoms with E-state index in [0.717, 1.165) is 15.6 Å². The van der Waals surface area contributed by atoms with Crippen molar-refractivity contribution in [2.75, 3.05) is 33.2 Å². The third kappa shape index (κ3) is 4.44. The van der Waals surface area contributed by atoms with E-state index in [4.69, 9.17) is 16.9 Å². The summed E-state index contributed by atoms with van der Waals surface area (Å²) in [7, 11) is -6.63. The molecule has 0 radical (unpaired) electrons. The summed E-state index contributed by atoms with van der Waals surface area (Å²) in [6, 6.07) is 0.422. The molecule has 0 amide bonds. The van der Waals surface area contributed by atoms with Gasteiger partial charge in [0.25, 0.3) is 10.0 Å². The minimum absolute atomic E-state index is 0.0585. The molecule has 8 nitrogen and oxygen atoms in total. The summed E-state index contributed by atoms with van der Waals surface area (Å²) in [5.41, 5.74) is 0.177. The molecular formula is C12H21N3O5S3. The predicted molar refractivity (Wildman–Crippen MR) is 88.2 cm³/mol. The van der Waals surface area contributed by atoms with Gasteiger partial charge in [-0.3, -0.25) is 0 Å². The maximum Gasteiger partial charge on any atom is 0.252 e. The summed E-state index contributed by atoms with van der Waals surface area (Å²) >= 11 is 1.45. The Kier molecular flexibility index (Phi) is 4.06. The quantitative estimate of drug-likeness (QED) is 0.281. The number of likely N-dealkylation sites (N-methyl/N-ethyl adjacent to an activating group) is 1. The molecule has 1 atom stereocenters. The molecule has 2 heterocycles. The molecule has 11 heteroatoms. The van der Waals surface area contributed by atoms with Gasteiger partial charge in [0.05, 0.1) is 20.4 Å². The van der Waals surface area contributed by atoms with Crippen molar-refractivity contribution in [3.63, 3.8) is 0 Å². The van der Waals surface area contributed by atoms with Crippen LogP contribution in [0.2, 0.25) is 0 Å². The first-order valence-corrected chi connectivity index (χ1v) is 9.34. The van der Waals surface area contributed by atoms with Crippen molar-refractivity contribution in [3.05, 3.63) is 11.6 Å². The van der Waals surface area contributed by atoms with Crippen molar-refractivity contribution in [3.8, 4) is 0 Å². The van der Waals surface area contributed by atoms with E-state index >= 15 is 0 Å². The Hall–Kier alpha value is -0.240. The molecule has 23 heavy (non-hydrogen) atoms. The number of hydrogen-bond acceptors (Lipinski definition) is 9. The first-order chi connectivity index (χ1) is 14.1. The van der Waals surface area contributed by atoms with Gasteiger partial charge in [-0.25, -0.2) is 8.42 Å². The topological polar surface area (TPSA) is 103 Å². The Bertz CT molecular complexity index is 861. The van der Waals surface area contributed by atoms with E-state index in [2.05, 4.69) is 19.4 Å². The van der Waals surface area contributed by atoms with E-state index in [9.17, 15) is 8.42 Å². The number of nitrogens with two attached hydrogens (primary N) is 1. The van der Waals surface area contributed by atoms with E-state index in [-0.39, 0.29) is 35.9 Å². The Morgan fingerprint density at radius 2 is 2.57 bits per heavy atom. The van der Waals surface area contributed by atoms with Gasteiger partial charge < -0.3 is 10.1 Å². The van der Waals surface area contributed by atoms with Crippen molar-refractivity contribution in [1.82, 2.24) is 9.62 Å². The normalized spacial score (nSPS) is 27.4.